The van der Waals surface area contributed by atoms with Crippen LogP contribution in [-0.4, -0.2) is 11.3 Å². The molecule has 0 aliphatic heterocycles. The van der Waals surface area contributed by atoms with E-state index in [0.717, 1.165) is 6.42 Å². The molecule has 1 amide bonds. The van der Waals surface area contributed by atoms with Crippen LogP contribution in [0.25, 0.3) is 0 Å². The van der Waals surface area contributed by atoms with Crippen molar-refractivity contribution in [2.24, 2.45) is 5.16 Å². The molecule has 1 aromatic carbocycles. The maximum absolute atomic E-state index is 11.3. The van der Waals surface area contributed by atoms with Crippen LogP contribution in [0, 0.1) is 0 Å². The summed E-state index contributed by atoms with van der Waals surface area (Å²) in [6, 6.07) is 6.70. The molecule has 0 saturated carbocycles. The van der Waals surface area contributed by atoms with Crippen molar-refractivity contribution in [1.82, 2.24) is 0 Å². The Morgan fingerprint density at radius 3 is 2.94 bits per heavy atom. The second-order valence-corrected chi connectivity index (χ2v) is 4.10. The minimum absolute atomic E-state index is 0.258. The summed E-state index contributed by atoms with van der Waals surface area (Å²) in [5, 5.41) is 6.72. The van der Waals surface area contributed by atoms with Crippen LogP contribution in [0.3, 0.4) is 0 Å². The molecule has 0 heterocycles. The van der Waals surface area contributed by atoms with E-state index in [1.54, 1.807) is 24.3 Å². The molecule has 0 unspecified atom stereocenters. The average molecular weight is 275 g/mol. The van der Waals surface area contributed by atoms with Gasteiger partial charge in [-0.25, -0.2) is 4.79 Å². The summed E-state index contributed by atoms with van der Waals surface area (Å²) in [6.45, 7) is 1.95. The molecule has 0 radical (unpaired) electrons. The molecule has 17 heavy (non-hydrogen) atoms. The Labute approximate surface area is 110 Å². The zero-order chi connectivity index (χ0) is 12.7. The van der Waals surface area contributed by atoms with Gasteiger partial charge in [-0.2, -0.15) is 0 Å². The lowest BCUT2D eigenvalue weighted by Crippen LogP contribution is -2.11. The number of hydrogen-bond donors (Lipinski definition) is 1. The molecule has 1 N–H and O–H groups in total. The fourth-order valence-corrected chi connectivity index (χ4v) is 1.46. The number of halogens is 2. The molecule has 1 aromatic rings. The molecule has 1 rings (SSSR count). The van der Waals surface area contributed by atoms with Crippen LogP contribution in [0.15, 0.2) is 29.4 Å². The van der Waals surface area contributed by atoms with Gasteiger partial charge < -0.3 is 0 Å². The lowest BCUT2D eigenvalue weighted by Gasteiger charge is -2.03. The largest absolute Gasteiger partial charge is 0.437 e. The number of carbonyl (C=O) groups excluding carboxylic acids is 1. The van der Waals surface area contributed by atoms with Crippen molar-refractivity contribution in [1.29, 1.82) is 0 Å². The highest BCUT2D eigenvalue weighted by Gasteiger charge is 2.03. The van der Waals surface area contributed by atoms with Gasteiger partial charge in [-0.15, -0.1) is 0 Å². The number of oxime groups is 1. The fourth-order valence-electron chi connectivity index (χ4n) is 1.05. The van der Waals surface area contributed by atoms with E-state index in [4.69, 9.17) is 23.2 Å². The van der Waals surface area contributed by atoms with Gasteiger partial charge in [0.15, 0.2) is 0 Å². The zero-order valence-corrected chi connectivity index (χ0v) is 10.8. The fraction of sp³-hybridized carbons (Fsp3) is 0.273. The van der Waals surface area contributed by atoms with E-state index in [1.165, 1.54) is 0 Å². The van der Waals surface area contributed by atoms with Crippen molar-refractivity contribution in [3.8, 4) is 0 Å². The molecule has 0 saturated heterocycles. The summed E-state index contributed by atoms with van der Waals surface area (Å²) in [5.74, 6) is 0. The molecule has 0 aliphatic carbocycles. The third-order valence-electron chi connectivity index (χ3n) is 1.75. The quantitative estimate of drug-likeness (QED) is 0.507. The van der Waals surface area contributed by atoms with E-state index in [2.05, 4.69) is 15.3 Å². The SMILES string of the molecule is CCCC(Cl)=NOC(=O)Nc1cccc(Cl)c1. The van der Waals surface area contributed by atoms with E-state index < -0.39 is 6.09 Å². The molecule has 0 aromatic heterocycles. The number of benzene rings is 1. The van der Waals surface area contributed by atoms with Gasteiger partial charge in [0.05, 0.1) is 0 Å². The number of nitrogens with one attached hydrogen (secondary N) is 1. The Balaban J connectivity index is 2.47. The first-order valence-electron chi connectivity index (χ1n) is 5.07. The Morgan fingerprint density at radius 2 is 2.29 bits per heavy atom. The Morgan fingerprint density at radius 1 is 1.53 bits per heavy atom. The van der Waals surface area contributed by atoms with Crippen LogP contribution in [0.5, 0.6) is 0 Å². The van der Waals surface area contributed by atoms with E-state index in [0.29, 0.717) is 17.1 Å². The maximum atomic E-state index is 11.3. The van der Waals surface area contributed by atoms with Gasteiger partial charge in [0, 0.05) is 17.1 Å². The van der Waals surface area contributed by atoms with Crippen LogP contribution >= 0.6 is 23.2 Å². The molecule has 4 nitrogen and oxygen atoms in total. The van der Waals surface area contributed by atoms with Crippen LogP contribution in [-0.2, 0) is 4.84 Å². The Hall–Kier alpha value is -1.26. The Kier molecular flexibility index (Phi) is 5.80. The van der Waals surface area contributed by atoms with Crippen molar-refractivity contribution in [3.63, 3.8) is 0 Å². The van der Waals surface area contributed by atoms with Crippen molar-refractivity contribution in [3.05, 3.63) is 29.3 Å². The third kappa shape index (κ3) is 5.56. The van der Waals surface area contributed by atoms with Crippen molar-refractivity contribution in [2.75, 3.05) is 5.32 Å². The molecule has 0 bridgehead atoms. The van der Waals surface area contributed by atoms with Crippen molar-refractivity contribution in [2.45, 2.75) is 19.8 Å². The molecule has 0 aliphatic rings. The number of rotatable bonds is 4. The minimum Gasteiger partial charge on any atom is -0.297 e. The van der Waals surface area contributed by atoms with Crippen molar-refractivity contribution >= 4 is 40.2 Å². The highest BCUT2D eigenvalue weighted by atomic mass is 35.5. The predicted molar refractivity (Wildman–Crippen MR) is 69.8 cm³/mol. The van der Waals surface area contributed by atoms with Crippen LogP contribution in [0.4, 0.5) is 10.5 Å². The number of hydrogen-bond acceptors (Lipinski definition) is 3. The minimum atomic E-state index is -0.707. The van der Waals surface area contributed by atoms with Gasteiger partial charge in [0.2, 0.25) is 0 Å². The third-order valence-corrected chi connectivity index (χ3v) is 2.25. The second kappa shape index (κ2) is 7.14. The van der Waals surface area contributed by atoms with Crippen molar-refractivity contribution < 1.29 is 9.63 Å². The van der Waals surface area contributed by atoms with Gasteiger partial charge in [-0.05, 0) is 24.6 Å². The van der Waals surface area contributed by atoms with E-state index in [-0.39, 0.29) is 5.17 Å². The van der Waals surface area contributed by atoms with Gasteiger partial charge >= 0.3 is 6.09 Å². The van der Waals surface area contributed by atoms with E-state index >= 15 is 0 Å². The highest BCUT2D eigenvalue weighted by molar-refractivity contribution is 6.65. The highest BCUT2D eigenvalue weighted by Crippen LogP contribution is 2.15. The number of carbonyl (C=O) groups is 1. The zero-order valence-electron chi connectivity index (χ0n) is 9.24. The molecule has 0 atom stereocenters. The van der Waals surface area contributed by atoms with Crippen LogP contribution in [0.2, 0.25) is 5.02 Å². The summed E-state index contributed by atoms with van der Waals surface area (Å²) >= 11 is 11.4. The molecule has 0 spiro atoms. The standard InChI is InChI=1S/C11H12Cl2N2O2/c1-2-4-10(13)15-17-11(16)14-9-6-3-5-8(12)7-9/h3,5-7H,2,4H2,1H3,(H,14,16). The maximum Gasteiger partial charge on any atom is 0.437 e. The van der Waals surface area contributed by atoms with E-state index in [9.17, 15) is 4.79 Å². The molecular formula is C11H12Cl2N2O2. The molecular weight excluding hydrogens is 263 g/mol. The second-order valence-electron chi connectivity index (χ2n) is 3.23. The first-order chi connectivity index (χ1) is 8.11. The first kappa shape index (κ1) is 13.8. The first-order valence-corrected chi connectivity index (χ1v) is 5.83. The monoisotopic (exact) mass is 274 g/mol. The molecule has 6 heteroatoms. The smallest absolute Gasteiger partial charge is 0.297 e. The van der Waals surface area contributed by atoms with Crippen LogP contribution in [0.1, 0.15) is 19.8 Å². The molecule has 92 valence electrons. The van der Waals surface area contributed by atoms with E-state index in [1.807, 2.05) is 6.92 Å². The normalized spacial score (nSPS) is 11.1. The summed E-state index contributed by atoms with van der Waals surface area (Å²) in [5.41, 5.74) is 0.532. The molecule has 0 fully saturated rings. The number of nitrogens with zero attached hydrogens (tertiary/aromatic N) is 1. The lowest BCUT2D eigenvalue weighted by atomic mass is 10.3. The van der Waals surface area contributed by atoms with Gasteiger partial charge in [-0.1, -0.05) is 41.3 Å². The Bertz CT molecular complexity index is 422. The van der Waals surface area contributed by atoms with Gasteiger partial charge in [-0.3, -0.25) is 10.2 Å². The van der Waals surface area contributed by atoms with Gasteiger partial charge in [0.25, 0.3) is 0 Å². The number of anilines is 1. The predicted octanol–water partition coefficient (Wildman–Crippen LogP) is 4.24. The van der Waals surface area contributed by atoms with Gasteiger partial charge in [0.1, 0.15) is 5.17 Å². The summed E-state index contributed by atoms with van der Waals surface area (Å²) in [6.07, 6.45) is 0.703. The summed E-state index contributed by atoms with van der Waals surface area (Å²) in [4.78, 5) is 15.9. The summed E-state index contributed by atoms with van der Waals surface area (Å²) in [7, 11) is 0. The lowest BCUT2D eigenvalue weighted by molar-refractivity contribution is 0.166. The topological polar surface area (TPSA) is 50.7 Å². The summed E-state index contributed by atoms with van der Waals surface area (Å²) < 4.78 is 0. The average Bonchev–Trinajstić information content (AvgIpc) is 2.27. The van der Waals surface area contributed by atoms with Crippen LogP contribution < -0.4 is 5.32 Å². The number of amides is 1.